The average Bonchev–Trinajstić information content (AvgIpc) is 2.58. The third kappa shape index (κ3) is 6.20. The van der Waals surface area contributed by atoms with Crippen LogP contribution in [0.3, 0.4) is 0 Å². The first-order valence-corrected chi connectivity index (χ1v) is 6.99. The Labute approximate surface area is 112 Å². The highest BCUT2D eigenvalue weighted by molar-refractivity contribution is 5.03. The van der Waals surface area contributed by atoms with Crippen LogP contribution in [0, 0.1) is 11.3 Å². The summed E-state index contributed by atoms with van der Waals surface area (Å²) in [5.74, 6) is 0.703. The summed E-state index contributed by atoms with van der Waals surface area (Å²) in [7, 11) is 1.95. The Kier molecular flexibility index (Phi) is 5.39. The molecule has 0 aliphatic rings. The minimum Gasteiger partial charge on any atom is -0.328 e. The fourth-order valence-electron chi connectivity index (χ4n) is 2.72. The molecule has 1 rings (SSSR count). The van der Waals surface area contributed by atoms with Gasteiger partial charge in [-0.3, -0.25) is 4.68 Å². The van der Waals surface area contributed by atoms with E-state index in [0.29, 0.717) is 17.4 Å². The normalized spacial score (nSPS) is 15.7. The summed E-state index contributed by atoms with van der Waals surface area (Å²) in [6.07, 6.45) is 8.47. The second-order valence-electron chi connectivity index (χ2n) is 6.93. The van der Waals surface area contributed by atoms with Crippen molar-refractivity contribution >= 4 is 0 Å². The van der Waals surface area contributed by atoms with Gasteiger partial charge in [-0.1, -0.05) is 27.7 Å². The lowest BCUT2D eigenvalue weighted by Gasteiger charge is -2.25. The van der Waals surface area contributed by atoms with Crippen LogP contribution in [0.2, 0.25) is 0 Å². The van der Waals surface area contributed by atoms with E-state index in [1.807, 2.05) is 17.9 Å². The number of aryl methyl sites for hydroxylation is 2. The van der Waals surface area contributed by atoms with Crippen molar-refractivity contribution in [2.75, 3.05) is 0 Å². The lowest BCUT2D eigenvalue weighted by atomic mass is 9.82. The molecule has 0 aliphatic heterocycles. The van der Waals surface area contributed by atoms with E-state index >= 15 is 0 Å². The predicted molar refractivity (Wildman–Crippen MR) is 77.4 cm³/mol. The molecule has 2 atom stereocenters. The quantitative estimate of drug-likeness (QED) is 0.844. The minimum atomic E-state index is 0.308. The predicted octanol–water partition coefficient (Wildman–Crippen LogP) is 3.14. The van der Waals surface area contributed by atoms with Crippen molar-refractivity contribution in [2.45, 2.75) is 59.4 Å². The molecule has 1 aromatic rings. The van der Waals surface area contributed by atoms with Crippen LogP contribution in [0.1, 0.15) is 52.5 Å². The minimum absolute atomic E-state index is 0.308. The number of hydrogen-bond donors (Lipinski definition) is 1. The van der Waals surface area contributed by atoms with Crippen molar-refractivity contribution < 1.29 is 0 Å². The zero-order chi connectivity index (χ0) is 13.8. The van der Waals surface area contributed by atoms with Crippen LogP contribution in [0.4, 0.5) is 0 Å². The second kappa shape index (κ2) is 6.37. The average molecular weight is 251 g/mol. The molecular formula is C15H29N3. The second-order valence-corrected chi connectivity index (χ2v) is 6.93. The molecule has 0 spiro atoms. The molecule has 1 heterocycles. The monoisotopic (exact) mass is 251 g/mol. The summed E-state index contributed by atoms with van der Waals surface area (Å²) in [4.78, 5) is 0. The molecule has 0 amide bonds. The third-order valence-electron chi connectivity index (χ3n) is 3.23. The highest BCUT2D eigenvalue weighted by Gasteiger charge is 2.17. The molecular weight excluding hydrogens is 222 g/mol. The molecule has 0 bridgehead atoms. The van der Waals surface area contributed by atoms with Crippen molar-refractivity contribution in [1.82, 2.24) is 9.78 Å². The Hall–Kier alpha value is -0.830. The van der Waals surface area contributed by atoms with Crippen LogP contribution in [-0.2, 0) is 13.5 Å². The van der Waals surface area contributed by atoms with Gasteiger partial charge in [-0.2, -0.15) is 5.10 Å². The van der Waals surface area contributed by atoms with E-state index in [2.05, 4.69) is 39.0 Å². The van der Waals surface area contributed by atoms with Gasteiger partial charge in [-0.15, -0.1) is 0 Å². The maximum absolute atomic E-state index is 6.22. The number of nitrogens with two attached hydrogens (primary N) is 1. The van der Waals surface area contributed by atoms with E-state index in [4.69, 9.17) is 5.73 Å². The molecule has 104 valence electrons. The van der Waals surface area contributed by atoms with E-state index in [9.17, 15) is 0 Å². The maximum atomic E-state index is 6.22. The van der Waals surface area contributed by atoms with Gasteiger partial charge >= 0.3 is 0 Å². The van der Waals surface area contributed by atoms with E-state index in [-0.39, 0.29) is 0 Å². The Morgan fingerprint density at radius 2 is 2.06 bits per heavy atom. The smallest absolute Gasteiger partial charge is 0.0521 e. The molecule has 0 aromatic carbocycles. The van der Waals surface area contributed by atoms with E-state index < -0.39 is 0 Å². The molecule has 3 nitrogen and oxygen atoms in total. The number of hydrogen-bond acceptors (Lipinski definition) is 2. The van der Waals surface area contributed by atoms with E-state index in [1.54, 1.807) is 0 Å². The number of nitrogens with zero attached hydrogens (tertiary/aromatic N) is 2. The topological polar surface area (TPSA) is 43.8 Å². The Balaban J connectivity index is 2.27. The van der Waals surface area contributed by atoms with Gasteiger partial charge in [0.25, 0.3) is 0 Å². The zero-order valence-electron chi connectivity index (χ0n) is 12.6. The van der Waals surface area contributed by atoms with Crippen molar-refractivity contribution in [1.29, 1.82) is 0 Å². The zero-order valence-corrected chi connectivity index (χ0v) is 12.6. The molecule has 2 unspecified atom stereocenters. The van der Waals surface area contributed by atoms with Gasteiger partial charge in [-0.25, -0.2) is 0 Å². The van der Waals surface area contributed by atoms with Crippen molar-refractivity contribution in [3.63, 3.8) is 0 Å². The summed E-state index contributed by atoms with van der Waals surface area (Å²) in [5.41, 5.74) is 7.91. The number of aromatic nitrogens is 2. The fourth-order valence-corrected chi connectivity index (χ4v) is 2.72. The Bertz CT molecular complexity index is 349. The molecule has 2 N–H and O–H groups in total. The largest absolute Gasteiger partial charge is 0.328 e. The molecule has 1 aromatic heterocycles. The van der Waals surface area contributed by atoms with Gasteiger partial charge in [0.05, 0.1) is 6.20 Å². The summed E-state index contributed by atoms with van der Waals surface area (Å²) in [5, 5.41) is 4.18. The van der Waals surface area contributed by atoms with E-state index in [0.717, 1.165) is 19.3 Å². The van der Waals surface area contributed by atoms with Crippen LogP contribution >= 0.6 is 0 Å². The third-order valence-corrected chi connectivity index (χ3v) is 3.23. The highest BCUT2D eigenvalue weighted by Crippen LogP contribution is 2.26. The van der Waals surface area contributed by atoms with Crippen LogP contribution < -0.4 is 5.73 Å². The number of rotatable bonds is 6. The first-order chi connectivity index (χ1) is 8.26. The Morgan fingerprint density at radius 1 is 1.39 bits per heavy atom. The van der Waals surface area contributed by atoms with Gasteiger partial charge in [-0.05, 0) is 42.6 Å². The van der Waals surface area contributed by atoms with Gasteiger partial charge in [0.2, 0.25) is 0 Å². The standard InChI is InChI=1S/C15H29N3/c1-12(9-15(2,3)4)8-14(16)7-6-13-10-17-18(5)11-13/h10-12,14H,6-9,16H2,1-5H3. The molecule has 0 saturated heterocycles. The molecule has 18 heavy (non-hydrogen) atoms. The lowest BCUT2D eigenvalue weighted by molar-refractivity contribution is 0.283. The summed E-state index contributed by atoms with van der Waals surface area (Å²) >= 11 is 0. The molecule has 0 radical (unpaired) electrons. The van der Waals surface area contributed by atoms with Crippen molar-refractivity contribution in [3.05, 3.63) is 18.0 Å². The first kappa shape index (κ1) is 15.2. The van der Waals surface area contributed by atoms with Gasteiger partial charge in [0.15, 0.2) is 0 Å². The molecule has 0 saturated carbocycles. The molecule has 3 heteroatoms. The van der Waals surface area contributed by atoms with Gasteiger partial charge in [0.1, 0.15) is 0 Å². The van der Waals surface area contributed by atoms with Crippen LogP contribution in [0.25, 0.3) is 0 Å². The summed E-state index contributed by atoms with van der Waals surface area (Å²) in [6.45, 7) is 9.20. The Morgan fingerprint density at radius 3 is 2.56 bits per heavy atom. The summed E-state index contributed by atoms with van der Waals surface area (Å²) in [6, 6.07) is 0.308. The molecule has 0 aliphatic carbocycles. The first-order valence-electron chi connectivity index (χ1n) is 6.99. The maximum Gasteiger partial charge on any atom is 0.0521 e. The van der Waals surface area contributed by atoms with Crippen LogP contribution in [-0.4, -0.2) is 15.8 Å². The van der Waals surface area contributed by atoms with Gasteiger partial charge in [0, 0.05) is 19.3 Å². The van der Waals surface area contributed by atoms with Crippen molar-refractivity contribution in [2.24, 2.45) is 24.1 Å². The van der Waals surface area contributed by atoms with Crippen LogP contribution in [0.15, 0.2) is 12.4 Å². The SMILES string of the molecule is CC(CC(N)CCc1cnn(C)c1)CC(C)(C)C. The van der Waals surface area contributed by atoms with E-state index in [1.165, 1.54) is 12.0 Å². The highest BCUT2D eigenvalue weighted by atomic mass is 15.2. The van der Waals surface area contributed by atoms with Crippen molar-refractivity contribution in [3.8, 4) is 0 Å². The molecule has 0 fully saturated rings. The lowest BCUT2D eigenvalue weighted by Crippen LogP contribution is -2.25. The summed E-state index contributed by atoms with van der Waals surface area (Å²) < 4.78 is 1.85. The van der Waals surface area contributed by atoms with Gasteiger partial charge < -0.3 is 5.73 Å². The van der Waals surface area contributed by atoms with Crippen LogP contribution in [0.5, 0.6) is 0 Å². The fraction of sp³-hybridized carbons (Fsp3) is 0.800.